The second kappa shape index (κ2) is 10.0. The first kappa shape index (κ1) is 22.9. The molecule has 0 saturated carbocycles. The van der Waals surface area contributed by atoms with Crippen molar-refractivity contribution < 1.29 is 19.2 Å². The third kappa shape index (κ3) is 5.27. The largest absolute Gasteiger partial charge is 0.443 e. The van der Waals surface area contributed by atoms with E-state index in [0.29, 0.717) is 17.1 Å². The summed E-state index contributed by atoms with van der Waals surface area (Å²) >= 11 is 0. The molecule has 0 aromatic heterocycles. The van der Waals surface area contributed by atoms with Crippen LogP contribution in [0.1, 0.15) is 50.7 Å². The van der Waals surface area contributed by atoms with Crippen molar-refractivity contribution in [3.63, 3.8) is 0 Å². The lowest BCUT2D eigenvalue weighted by molar-refractivity contribution is 0.487. The van der Waals surface area contributed by atoms with Crippen molar-refractivity contribution in [3.05, 3.63) is 77.9 Å². The Morgan fingerprint density at radius 2 is 1.07 bits per heavy atom. The monoisotopic (exact) mass is 442 g/mol. The van der Waals surface area contributed by atoms with Crippen molar-refractivity contribution in [1.29, 1.82) is 0 Å². The maximum Gasteiger partial charge on any atom is 0.262 e. The number of para-hydroxylation sites is 1. The lowest BCUT2D eigenvalue weighted by atomic mass is 9.94. The number of hydrogen-bond donors (Lipinski definition) is 3. The summed E-state index contributed by atoms with van der Waals surface area (Å²) in [6.45, 7) is 8.51. The highest BCUT2D eigenvalue weighted by Gasteiger charge is 2.20. The lowest BCUT2D eigenvalue weighted by Gasteiger charge is -2.22. The minimum absolute atomic E-state index is 0.298. The molecule has 0 radical (unpaired) electrons. The van der Waals surface area contributed by atoms with Gasteiger partial charge >= 0.3 is 0 Å². The molecule has 0 heterocycles. The van der Waals surface area contributed by atoms with E-state index in [9.17, 15) is 14.7 Å². The van der Waals surface area contributed by atoms with Crippen LogP contribution in [-0.2, 0) is 0 Å². The van der Waals surface area contributed by atoms with Gasteiger partial charge in [0.15, 0.2) is 8.38 Å². The molecule has 1 atom stereocenters. The van der Waals surface area contributed by atoms with Gasteiger partial charge < -0.3 is 19.2 Å². The molecule has 4 nitrogen and oxygen atoms in total. The first-order valence-electron chi connectivity index (χ1n) is 9.96. The quantitative estimate of drug-likeness (QED) is 0.421. The van der Waals surface area contributed by atoms with E-state index in [1.54, 1.807) is 12.1 Å². The average molecular weight is 442 g/mol. The van der Waals surface area contributed by atoms with Gasteiger partial charge in [-0.2, -0.15) is 0 Å². The highest BCUT2D eigenvalue weighted by molar-refractivity contribution is 7.55. The normalized spacial score (nSPS) is 12.6. The van der Waals surface area contributed by atoms with E-state index in [-0.39, 0.29) is 0 Å². The van der Waals surface area contributed by atoms with Crippen LogP contribution >= 0.6 is 16.8 Å². The van der Waals surface area contributed by atoms with E-state index in [2.05, 4.69) is 39.8 Å². The SMILES string of the molecule is CC(C)c1cccc(C(C)C)c1OP(O)c1ccc(-c2ccc(P(O)O)cc2)cc1. The molecule has 0 saturated heterocycles. The van der Waals surface area contributed by atoms with Crippen molar-refractivity contribution in [2.45, 2.75) is 39.5 Å². The van der Waals surface area contributed by atoms with E-state index < -0.39 is 16.8 Å². The first-order chi connectivity index (χ1) is 14.3. The fraction of sp³-hybridized carbons (Fsp3) is 0.250. The second-order valence-corrected chi connectivity index (χ2v) is 10.2. The van der Waals surface area contributed by atoms with Crippen molar-refractivity contribution in [1.82, 2.24) is 0 Å². The Hall–Kier alpha value is -1.80. The van der Waals surface area contributed by atoms with Crippen LogP contribution in [0.4, 0.5) is 0 Å². The smallest absolute Gasteiger partial charge is 0.262 e. The topological polar surface area (TPSA) is 69.9 Å². The van der Waals surface area contributed by atoms with Gasteiger partial charge in [0.1, 0.15) is 5.75 Å². The molecule has 3 N–H and O–H groups in total. The van der Waals surface area contributed by atoms with Gasteiger partial charge in [-0.3, -0.25) is 0 Å². The molecule has 6 heteroatoms. The fourth-order valence-corrected chi connectivity index (χ4v) is 4.60. The van der Waals surface area contributed by atoms with Gasteiger partial charge in [-0.25, -0.2) is 0 Å². The number of rotatable bonds is 7. The molecule has 0 fully saturated rings. The van der Waals surface area contributed by atoms with Gasteiger partial charge in [0.25, 0.3) is 8.38 Å². The molecule has 0 aliphatic carbocycles. The zero-order valence-corrected chi connectivity index (χ0v) is 19.4. The summed E-state index contributed by atoms with van der Waals surface area (Å²) in [5, 5.41) is 1.26. The Bertz CT molecular complexity index is 941. The zero-order chi connectivity index (χ0) is 21.8. The summed E-state index contributed by atoms with van der Waals surface area (Å²) in [5.74, 6) is 1.39. The van der Waals surface area contributed by atoms with Crippen LogP contribution in [-0.4, -0.2) is 14.7 Å². The second-order valence-electron chi connectivity index (χ2n) is 7.82. The van der Waals surface area contributed by atoms with E-state index in [4.69, 9.17) is 4.52 Å². The van der Waals surface area contributed by atoms with Crippen LogP contribution in [0.5, 0.6) is 5.75 Å². The van der Waals surface area contributed by atoms with Crippen molar-refractivity contribution in [3.8, 4) is 16.9 Å². The van der Waals surface area contributed by atoms with Crippen molar-refractivity contribution >= 4 is 27.4 Å². The van der Waals surface area contributed by atoms with E-state index >= 15 is 0 Å². The molecular weight excluding hydrogens is 414 g/mol. The Labute approximate surface area is 181 Å². The van der Waals surface area contributed by atoms with Crippen LogP contribution in [0, 0.1) is 0 Å². The Kier molecular flexibility index (Phi) is 7.63. The third-order valence-corrected chi connectivity index (χ3v) is 6.87. The van der Waals surface area contributed by atoms with Gasteiger partial charge in [0.2, 0.25) is 0 Å². The molecule has 3 aromatic carbocycles. The van der Waals surface area contributed by atoms with Gasteiger partial charge in [-0.05, 0) is 58.4 Å². The lowest BCUT2D eigenvalue weighted by Crippen LogP contribution is -2.08. The standard InChI is InChI=1S/C24H28O4P2/c1-16(2)22-6-5-7-23(17(3)4)24(22)28-30(27)21-14-10-19(11-15-21)18-8-12-20(13-9-18)29(25)26/h5-17,25-27H,1-4H3. The maximum absolute atomic E-state index is 10.8. The van der Waals surface area contributed by atoms with Crippen LogP contribution in [0.15, 0.2) is 66.7 Å². The molecule has 0 amide bonds. The summed E-state index contributed by atoms with van der Waals surface area (Å²) < 4.78 is 6.14. The molecule has 3 aromatic rings. The van der Waals surface area contributed by atoms with Gasteiger partial charge in [-0.15, -0.1) is 0 Å². The Morgan fingerprint density at radius 3 is 1.47 bits per heavy atom. The molecule has 30 heavy (non-hydrogen) atoms. The molecule has 0 aliphatic rings. The predicted molar refractivity (Wildman–Crippen MR) is 127 cm³/mol. The average Bonchev–Trinajstić information content (AvgIpc) is 2.73. The molecule has 0 spiro atoms. The zero-order valence-electron chi connectivity index (χ0n) is 17.6. The van der Waals surface area contributed by atoms with Gasteiger partial charge in [-0.1, -0.05) is 70.2 Å². The van der Waals surface area contributed by atoms with E-state index in [0.717, 1.165) is 33.3 Å². The number of benzene rings is 3. The first-order valence-corrected chi connectivity index (χ1v) is 12.4. The molecule has 1 unspecified atom stereocenters. The van der Waals surface area contributed by atoms with E-state index in [1.165, 1.54) is 0 Å². The van der Waals surface area contributed by atoms with Gasteiger partial charge in [0.05, 0.1) is 0 Å². The molecule has 3 rings (SSSR count). The summed E-state index contributed by atoms with van der Waals surface area (Å²) in [7, 11) is -3.87. The van der Waals surface area contributed by atoms with Crippen LogP contribution < -0.4 is 15.1 Å². The fourth-order valence-electron chi connectivity index (χ4n) is 3.30. The minimum Gasteiger partial charge on any atom is -0.443 e. The van der Waals surface area contributed by atoms with Crippen LogP contribution in [0.3, 0.4) is 0 Å². The summed E-state index contributed by atoms with van der Waals surface area (Å²) in [6, 6.07) is 21.0. The predicted octanol–water partition coefficient (Wildman–Crippen LogP) is 5.53. The highest BCUT2D eigenvalue weighted by Crippen LogP contribution is 2.42. The summed E-state index contributed by atoms with van der Waals surface area (Å²) in [6.07, 6.45) is 0. The minimum atomic E-state index is -2.08. The molecule has 158 valence electrons. The Balaban J connectivity index is 1.83. The Morgan fingerprint density at radius 1 is 0.633 bits per heavy atom. The highest BCUT2D eigenvalue weighted by atomic mass is 31.2. The molecular formula is C24H28O4P2. The van der Waals surface area contributed by atoms with Crippen molar-refractivity contribution in [2.24, 2.45) is 0 Å². The third-order valence-electron chi connectivity index (χ3n) is 5.02. The molecule has 0 bridgehead atoms. The van der Waals surface area contributed by atoms with E-state index in [1.807, 2.05) is 42.5 Å². The summed E-state index contributed by atoms with van der Waals surface area (Å²) in [4.78, 5) is 29.4. The number of hydrogen-bond acceptors (Lipinski definition) is 4. The maximum atomic E-state index is 10.8. The summed E-state index contributed by atoms with van der Waals surface area (Å²) in [5.41, 5.74) is 4.16. The van der Waals surface area contributed by atoms with Crippen molar-refractivity contribution in [2.75, 3.05) is 0 Å². The van der Waals surface area contributed by atoms with Gasteiger partial charge in [0, 0.05) is 10.6 Å². The van der Waals surface area contributed by atoms with Crippen LogP contribution in [0.25, 0.3) is 11.1 Å². The molecule has 0 aliphatic heterocycles. The van der Waals surface area contributed by atoms with Crippen LogP contribution in [0.2, 0.25) is 0 Å².